The van der Waals surface area contributed by atoms with Gasteiger partial charge in [0.25, 0.3) is 0 Å². The molecule has 4 aliphatic heterocycles. The lowest BCUT2D eigenvalue weighted by atomic mass is 9.76. The maximum atomic E-state index is 14.1. The molecule has 3 saturated heterocycles. The van der Waals surface area contributed by atoms with Gasteiger partial charge in [-0.2, -0.15) is 0 Å². The number of ether oxygens (including phenoxy) is 2. The van der Waals surface area contributed by atoms with Gasteiger partial charge < -0.3 is 25.2 Å². The molecular formula is C41H44FN7O5. The third-order valence-electron chi connectivity index (χ3n) is 12.3. The number of halogens is 1. The van der Waals surface area contributed by atoms with Crippen LogP contribution in [0.1, 0.15) is 74.3 Å². The molecule has 2 aromatic heterocycles. The van der Waals surface area contributed by atoms with Gasteiger partial charge in [-0.3, -0.25) is 24.8 Å². The number of carbonyl (C=O) groups is 2. The maximum Gasteiger partial charge on any atom is 0.249 e. The number of fused-ring (bicyclic) bond motifs is 3. The molecule has 2 bridgehead atoms. The summed E-state index contributed by atoms with van der Waals surface area (Å²) >= 11 is 0. The number of piperidine rings is 2. The van der Waals surface area contributed by atoms with E-state index in [9.17, 15) is 19.1 Å². The van der Waals surface area contributed by atoms with E-state index in [1.807, 2.05) is 6.07 Å². The van der Waals surface area contributed by atoms with Crippen molar-refractivity contribution in [2.45, 2.75) is 87.4 Å². The van der Waals surface area contributed by atoms with Crippen LogP contribution in [-0.2, 0) is 14.3 Å². The van der Waals surface area contributed by atoms with Gasteiger partial charge in [-0.25, -0.2) is 4.39 Å². The number of amides is 2. The van der Waals surface area contributed by atoms with Gasteiger partial charge in [-0.1, -0.05) is 18.2 Å². The van der Waals surface area contributed by atoms with Crippen molar-refractivity contribution in [1.82, 2.24) is 25.4 Å². The number of benzene rings is 2. The first kappa shape index (κ1) is 34.6. The zero-order chi connectivity index (χ0) is 36.9. The van der Waals surface area contributed by atoms with E-state index in [1.54, 1.807) is 18.3 Å². The van der Waals surface area contributed by atoms with E-state index in [0.29, 0.717) is 86.1 Å². The first-order valence-electron chi connectivity index (χ1n) is 19.1. The van der Waals surface area contributed by atoms with Crippen molar-refractivity contribution >= 4 is 23.3 Å². The van der Waals surface area contributed by atoms with Gasteiger partial charge in [0, 0.05) is 41.9 Å². The Hall–Kier alpha value is -5.14. The molecule has 5 aliphatic rings. The number of aromatic nitrogens is 3. The smallest absolute Gasteiger partial charge is 0.249 e. The lowest BCUT2D eigenvalue weighted by Crippen LogP contribution is -2.60. The summed E-state index contributed by atoms with van der Waals surface area (Å²) in [6.45, 7) is 2.56. The standard InChI is InChI=1S/C41H44FN7O5/c42-32-5-1-4-30(38(32)51)34-20-31(40(43)47-46-34)33-19-24(13-14-44-33)25-17-27-21-53-22-28(18-25)49(27)26-9-7-23(8-10-26)29-3-2-6-35-39(29)54-16-15-48(35)36-11-12-37(50)45-41(36)52/h1-6,13-14,19-20,23,25-28,36,51H,7-12,15-18,21-22H2,(H2,43,47)(H,45,50,52)/t23?,26?,27-,28-,36-/m1/s1. The predicted octanol–water partition coefficient (Wildman–Crippen LogP) is 5.31. The molecule has 3 atom stereocenters. The summed E-state index contributed by atoms with van der Waals surface area (Å²) in [6, 6.07) is 17.2. The SMILES string of the molecule is Nc1nnc(-c2cccc(F)c2O)cc1-c1cc(C2C[C@@H]3COC[C@@H](C2)N3C2CCC(c3cccc4c3OCCN4[C@@H]3CCC(=O)NC3=O)CC2)ccn1. The number of anilines is 2. The molecule has 1 aliphatic carbocycles. The van der Waals surface area contributed by atoms with E-state index in [2.05, 4.69) is 54.6 Å². The number of rotatable bonds is 6. The van der Waals surface area contributed by atoms with E-state index in [0.717, 1.165) is 50.0 Å². The van der Waals surface area contributed by atoms with Crippen LogP contribution in [0.4, 0.5) is 15.9 Å². The molecule has 12 nitrogen and oxygen atoms in total. The van der Waals surface area contributed by atoms with Gasteiger partial charge >= 0.3 is 0 Å². The zero-order valence-corrected chi connectivity index (χ0v) is 30.0. The molecule has 1 saturated carbocycles. The third kappa shape index (κ3) is 6.32. The molecule has 4 aromatic rings. The number of pyridine rings is 1. The minimum absolute atomic E-state index is 0.201. The zero-order valence-electron chi connectivity index (χ0n) is 30.0. The van der Waals surface area contributed by atoms with Crippen LogP contribution in [0.15, 0.2) is 60.8 Å². The molecule has 0 unspecified atom stereocenters. The van der Waals surface area contributed by atoms with Crippen LogP contribution in [0.2, 0.25) is 0 Å². The molecule has 4 N–H and O–H groups in total. The molecule has 0 spiro atoms. The summed E-state index contributed by atoms with van der Waals surface area (Å²) in [5.41, 5.74) is 11.4. The fraction of sp³-hybridized carbons (Fsp3) is 0.439. The number of para-hydroxylation sites is 2. The van der Waals surface area contributed by atoms with Crippen molar-refractivity contribution in [2.75, 3.05) is 37.0 Å². The van der Waals surface area contributed by atoms with Gasteiger partial charge in [0.15, 0.2) is 17.4 Å². The quantitative estimate of drug-likeness (QED) is 0.221. The second kappa shape index (κ2) is 14.3. The molecule has 0 radical (unpaired) electrons. The number of hydrogen-bond acceptors (Lipinski definition) is 11. The first-order valence-corrected chi connectivity index (χ1v) is 19.1. The second-order valence-corrected chi connectivity index (χ2v) is 15.3. The van der Waals surface area contributed by atoms with E-state index >= 15 is 0 Å². The van der Waals surface area contributed by atoms with Crippen molar-refractivity contribution in [3.8, 4) is 34.0 Å². The van der Waals surface area contributed by atoms with Crippen molar-refractivity contribution in [3.05, 3.63) is 77.7 Å². The van der Waals surface area contributed by atoms with Gasteiger partial charge in [-0.05, 0) is 104 Å². The predicted molar refractivity (Wildman–Crippen MR) is 199 cm³/mol. The maximum absolute atomic E-state index is 14.1. The summed E-state index contributed by atoms with van der Waals surface area (Å²) in [6.07, 6.45) is 8.95. The molecule has 2 amide bonds. The molecular weight excluding hydrogens is 689 g/mol. The average molecular weight is 734 g/mol. The van der Waals surface area contributed by atoms with E-state index in [1.165, 1.54) is 23.3 Å². The monoisotopic (exact) mass is 733 g/mol. The van der Waals surface area contributed by atoms with E-state index < -0.39 is 11.6 Å². The number of phenolic OH excluding ortho intramolecular Hbond substituents is 1. The highest BCUT2D eigenvalue weighted by molar-refractivity contribution is 6.02. The molecule has 9 rings (SSSR count). The Kier molecular flexibility index (Phi) is 9.14. The van der Waals surface area contributed by atoms with Crippen molar-refractivity contribution < 1.29 is 28.6 Å². The fourth-order valence-electron chi connectivity index (χ4n) is 9.72. The Morgan fingerprint density at radius 1 is 0.870 bits per heavy atom. The van der Waals surface area contributed by atoms with Crippen LogP contribution >= 0.6 is 0 Å². The number of aromatic hydroxyl groups is 1. The molecule has 2 aromatic carbocycles. The Morgan fingerprint density at radius 3 is 2.46 bits per heavy atom. The summed E-state index contributed by atoms with van der Waals surface area (Å²) in [5, 5.41) is 21.1. The topological polar surface area (TPSA) is 156 Å². The summed E-state index contributed by atoms with van der Waals surface area (Å²) in [4.78, 5) is 34.1. The molecule has 4 fully saturated rings. The molecule has 6 heterocycles. The largest absolute Gasteiger partial charge is 0.504 e. The molecule has 54 heavy (non-hydrogen) atoms. The Bertz CT molecular complexity index is 2080. The van der Waals surface area contributed by atoms with E-state index in [-0.39, 0.29) is 29.2 Å². The van der Waals surface area contributed by atoms with Gasteiger partial charge in [0.1, 0.15) is 18.4 Å². The number of imide groups is 1. The fourth-order valence-corrected chi connectivity index (χ4v) is 9.72. The Labute approximate surface area is 312 Å². The number of morpholine rings is 1. The number of phenols is 1. The van der Waals surface area contributed by atoms with Crippen molar-refractivity contribution in [2.24, 2.45) is 0 Å². The van der Waals surface area contributed by atoms with Crippen LogP contribution in [-0.4, -0.2) is 87.5 Å². The lowest BCUT2D eigenvalue weighted by Gasteiger charge is -2.53. The first-order chi connectivity index (χ1) is 26.3. The summed E-state index contributed by atoms with van der Waals surface area (Å²) in [5.74, 6) is 0.171. The van der Waals surface area contributed by atoms with Crippen LogP contribution in [0.25, 0.3) is 22.5 Å². The number of carbonyl (C=O) groups excluding carboxylic acids is 2. The number of nitrogens with two attached hydrogens (primary N) is 1. The summed E-state index contributed by atoms with van der Waals surface area (Å²) in [7, 11) is 0. The van der Waals surface area contributed by atoms with Gasteiger partial charge in [0.2, 0.25) is 11.8 Å². The van der Waals surface area contributed by atoms with E-state index in [4.69, 9.17) is 15.2 Å². The average Bonchev–Trinajstić information content (AvgIpc) is 3.18. The van der Waals surface area contributed by atoms with Crippen molar-refractivity contribution in [3.63, 3.8) is 0 Å². The highest BCUT2D eigenvalue weighted by Crippen LogP contribution is 2.47. The number of nitrogen functional groups attached to an aromatic ring is 1. The highest BCUT2D eigenvalue weighted by Gasteiger charge is 2.44. The molecule has 280 valence electrons. The van der Waals surface area contributed by atoms with Crippen LogP contribution in [0.5, 0.6) is 11.5 Å². The Morgan fingerprint density at radius 2 is 1.67 bits per heavy atom. The third-order valence-corrected chi connectivity index (χ3v) is 12.3. The summed E-state index contributed by atoms with van der Waals surface area (Å²) < 4.78 is 26.6. The normalized spacial score (nSPS) is 27.2. The van der Waals surface area contributed by atoms with Crippen LogP contribution < -0.4 is 20.7 Å². The Balaban J connectivity index is 0.889. The second-order valence-electron chi connectivity index (χ2n) is 15.3. The number of nitrogens with one attached hydrogen (secondary N) is 1. The number of hydrogen-bond donors (Lipinski definition) is 3. The van der Waals surface area contributed by atoms with Gasteiger partial charge in [-0.15, -0.1) is 10.2 Å². The molecule has 13 heteroatoms. The van der Waals surface area contributed by atoms with Crippen LogP contribution in [0, 0.1) is 5.82 Å². The van der Waals surface area contributed by atoms with Crippen molar-refractivity contribution in [1.29, 1.82) is 0 Å². The lowest BCUT2D eigenvalue weighted by molar-refractivity contribution is -0.134. The minimum Gasteiger partial charge on any atom is -0.504 e. The highest BCUT2D eigenvalue weighted by atomic mass is 19.1. The minimum atomic E-state index is -0.730. The van der Waals surface area contributed by atoms with Gasteiger partial charge in [0.05, 0.1) is 36.8 Å². The number of nitrogens with zero attached hydrogens (tertiary/aromatic N) is 5. The van der Waals surface area contributed by atoms with Crippen LogP contribution in [0.3, 0.4) is 0 Å².